The zero-order valence-electron chi connectivity index (χ0n) is 25.9. The third-order valence-electron chi connectivity index (χ3n) is 5.37. The van der Waals surface area contributed by atoms with E-state index in [1.54, 1.807) is 26.8 Å². The van der Waals surface area contributed by atoms with E-state index in [4.69, 9.17) is 10.5 Å². The van der Waals surface area contributed by atoms with Crippen LogP contribution in [0.15, 0.2) is 12.7 Å². The predicted octanol–water partition coefficient (Wildman–Crippen LogP) is 2.94. The Kier molecular flexibility index (Phi) is 19.2. The first-order valence-corrected chi connectivity index (χ1v) is 15.3. The number of alkyl carbamates (subject to hydrolysis) is 1. The number of hydrogen-bond acceptors (Lipinski definition) is 7. The molecule has 234 valence electrons. The van der Waals surface area contributed by atoms with E-state index in [9.17, 15) is 27.6 Å². The van der Waals surface area contributed by atoms with Crippen molar-refractivity contribution in [1.82, 2.24) is 19.2 Å². The van der Waals surface area contributed by atoms with E-state index in [-0.39, 0.29) is 24.3 Å². The average molecular weight is 592 g/mol. The number of carbonyl (C=O) groups excluding carboxylic acids is 4. The maximum Gasteiger partial charge on any atom is 0.408 e. The number of hydrogen-bond donors (Lipinski definition) is 3. The van der Waals surface area contributed by atoms with Gasteiger partial charge in [0.25, 0.3) is 0 Å². The van der Waals surface area contributed by atoms with E-state index in [1.165, 1.54) is 38.3 Å². The van der Waals surface area contributed by atoms with Crippen molar-refractivity contribution in [2.45, 2.75) is 98.6 Å². The molecule has 3 unspecified atom stereocenters. The third-order valence-corrected chi connectivity index (χ3v) is 6.79. The minimum absolute atomic E-state index is 0.132. The molecule has 3 atom stereocenters. The van der Waals surface area contributed by atoms with E-state index >= 15 is 0 Å². The first-order chi connectivity index (χ1) is 18.4. The van der Waals surface area contributed by atoms with E-state index in [1.807, 2.05) is 4.72 Å². The van der Waals surface area contributed by atoms with Crippen LogP contribution in [-0.2, 0) is 29.3 Å². The molecule has 1 heterocycles. The Balaban J connectivity index is 0. The van der Waals surface area contributed by atoms with Crippen molar-refractivity contribution < 1.29 is 32.3 Å². The molecule has 0 bridgehead atoms. The molecule has 0 spiro atoms. The van der Waals surface area contributed by atoms with Crippen molar-refractivity contribution in [2.24, 2.45) is 17.6 Å². The molecule has 2 rings (SSSR count). The average Bonchev–Trinajstić information content (AvgIpc) is 3.47. The van der Waals surface area contributed by atoms with Crippen LogP contribution in [0.3, 0.4) is 0 Å². The number of nitrogens with two attached hydrogens (primary N) is 1. The molecule has 2 fully saturated rings. The van der Waals surface area contributed by atoms with Gasteiger partial charge in [0.05, 0.1) is 0 Å². The Bertz CT molecular complexity index is 915. The summed E-state index contributed by atoms with van der Waals surface area (Å²) in [6.07, 6.45) is 6.92. The highest BCUT2D eigenvalue weighted by molar-refractivity contribution is 7.87. The summed E-state index contributed by atoms with van der Waals surface area (Å²) < 4.78 is 30.4. The Morgan fingerprint density at radius 1 is 1.10 bits per heavy atom. The number of amides is 4. The lowest BCUT2D eigenvalue weighted by Crippen LogP contribution is -2.48. The molecule has 2 aliphatic rings. The smallest absolute Gasteiger partial charge is 0.408 e. The SMILES string of the molecule is C=CC1CC1C(=O)NS(=O)(=O)N(C)C.CC(C)(C)OC(=O)NCC(=O)N1CCCC1C(N)=O.CCC.CCCC. The Hall–Kier alpha value is -2.67. The maximum atomic E-state index is 11.9. The number of primary amides is 1. The van der Waals surface area contributed by atoms with Crippen LogP contribution in [0.1, 0.15) is 87.0 Å². The molecule has 1 saturated carbocycles. The highest BCUT2D eigenvalue weighted by Gasteiger charge is 2.42. The number of ether oxygens (including phenoxy) is 1. The van der Waals surface area contributed by atoms with Crippen LogP contribution in [-0.4, -0.2) is 80.3 Å². The van der Waals surface area contributed by atoms with Crippen molar-refractivity contribution in [2.75, 3.05) is 27.2 Å². The van der Waals surface area contributed by atoms with E-state index in [2.05, 4.69) is 39.6 Å². The monoisotopic (exact) mass is 591 g/mol. The fourth-order valence-electron chi connectivity index (χ4n) is 3.00. The fourth-order valence-corrected chi connectivity index (χ4v) is 3.58. The van der Waals surface area contributed by atoms with Gasteiger partial charge in [-0.05, 0) is 46.0 Å². The normalized spacial score (nSPS) is 19.4. The molecule has 0 aromatic rings. The van der Waals surface area contributed by atoms with Crippen molar-refractivity contribution in [1.29, 1.82) is 0 Å². The largest absolute Gasteiger partial charge is 0.444 e. The van der Waals surface area contributed by atoms with Crippen LogP contribution in [0.2, 0.25) is 0 Å². The molecule has 0 aromatic heterocycles. The highest BCUT2D eigenvalue weighted by atomic mass is 32.2. The van der Waals surface area contributed by atoms with Crippen LogP contribution < -0.4 is 15.8 Å². The molecule has 0 aromatic carbocycles. The summed E-state index contributed by atoms with van der Waals surface area (Å²) in [5, 5.41) is 2.37. The lowest BCUT2D eigenvalue weighted by molar-refractivity contribution is -0.136. The van der Waals surface area contributed by atoms with Crippen LogP contribution in [0, 0.1) is 11.8 Å². The maximum absolute atomic E-state index is 11.9. The second-order valence-electron chi connectivity index (χ2n) is 10.7. The molecular formula is C27H53N5O7S. The van der Waals surface area contributed by atoms with Crippen molar-refractivity contribution in [3.63, 3.8) is 0 Å². The van der Waals surface area contributed by atoms with Gasteiger partial charge in [-0.15, -0.1) is 6.58 Å². The minimum Gasteiger partial charge on any atom is -0.444 e. The second kappa shape index (κ2) is 19.4. The quantitative estimate of drug-likeness (QED) is 0.365. The first-order valence-electron chi connectivity index (χ1n) is 13.8. The Labute approximate surface area is 241 Å². The van der Waals surface area contributed by atoms with E-state index in [0.29, 0.717) is 19.4 Å². The highest BCUT2D eigenvalue weighted by Crippen LogP contribution is 2.39. The van der Waals surface area contributed by atoms with Crippen LogP contribution >= 0.6 is 0 Å². The third kappa shape index (κ3) is 17.1. The molecule has 1 saturated heterocycles. The fraction of sp³-hybridized carbons (Fsp3) is 0.778. The van der Waals surface area contributed by atoms with Gasteiger partial charge in [0, 0.05) is 26.6 Å². The van der Waals surface area contributed by atoms with Gasteiger partial charge in [0.2, 0.25) is 17.7 Å². The van der Waals surface area contributed by atoms with Crippen molar-refractivity contribution in [3.05, 3.63) is 12.7 Å². The summed E-state index contributed by atoms with van der Waals surface area (Å²) in [6, 6.07) is -0.562. The standard InChI is InChI=1S/C12H21N3O4.C8H14N2O3S.C4H10.C3H8/c1-12(2,3)19-11(18)14-7-9(16)15-6-4-5-8(15)10(13)17;1-4-6-5-7(6)8(11)9-14(12,13)10(2)3;1-3-4-2;1-3-2/h8H,4-7H2,1-3H3,(H2,13,17)(H,14,18);4,6-7H,1,5H2,2-3H3,(H,9,11);3-4H2,1-2H3;3H2,1-2H3. The summed E-state index contributed by atoms with van der Waals surface area (Å²) in [4.78, 5) is 47.2. The van der Waals surface area contributed by atoms with E-state index < -0.39 is 39.8 Å². The number of carbonyl (C=O) groups is 4. The topological polar surface area (TPSA) is 168 Å². The second-order valence-corrected chi connectivity index (χ2v) is 12.6. The molecule has 4 amide bonds. The molecule has 1 aliphatic heterocycles. The van der Waals surface area contributed by atoms with Crippen molar-refractivity contribution >= 4 is 34.0 Å². The predicted molar refractivity (Wildman–Crippen MR) is 157 cm³/mol. The van der Waals surface area contributed by atoms with Crippen LogP contribution in [0.5, 0.6) is 0 Å². The Morgan fingerprint density at radius 3 is 2.00 bits per heavy atom. The lowest BCUT2D eigenvalue weighted by atomic mass is 10.2. The van der Waals surface area contributed by atoms with Crippen molar-refractivity contribution in [3.8, 4) is 0 Å². The molecule has 13 heteroatoms. The van der Waals surface area contributed by atoms with E-state index in [0.717, 1.165) is 10.7 Å². The summed E-state index contributed by atoms with van der Waals surface area (Å²) in [5.41, 5.74) is 4.61. The number of likely N-dealkylation sites (tertiary alicyclic amines) is 1. The molecule has 12 nitrogen and oxygen atoms in total. The van der Waals surface area contributed by atoms with Gasteiger partial charge < -0.3 is 20.7 Å². The van der Waals surface area contributed by atoms with Crippen LogP contribution in [0.4, 0.5) is 4.79 Å². The molecule has 0 radical (unpaired) electrons. The van der Waals surface area contributed by atoms with Gasteiger partial charge in [0.15, 0.2) is 0 Å². The van der Waals surface area contributed by atoms with Gasteiger partial charge in [-0.1, -0.05) is 53.0 Å². The number of rotatable bonds is 8. The summed E-state index contributed by atoms with van der Waals surface area (Å²) >= 11 is 0. The van der Waals surface area contributed by atoms with Gasteiger partial charge >= 0.3 is 16.3 Å². The number of allylic oxidation sites excluding steroid dienone is 1. The number of nitrogens with one attached hydrogen (secondary N) is 2. The molecule has 4 N–H and O–H groups in total. The van der Waals surface area contributed by atoms with Gasteiger partial charge in [-0.25, -0.2) is 9.52 Å². The summed E-state index contributed by atoms with van der Waals surface area (Å²) in [7, 11) is -0.898. The summed E-state index contributed by atoms with van der Waals surface area (Å²) in [6.45, 7) is 17.7. The van der Waals surface area contributed by atoms with Gasteiger partial charge in [-0.3, -0.25) is 14.4 Å². The lowest BCUT2D eigenvalue weighted by Gasteiger charge is -2.23. The Morgan fingerprint density at radius 2 is 1.62 bits per heavy atom. The summed E-state index contributed by atoms with van der Waals surface area (Å²) in [5.74, 6) is -1.37. The van der Waals surface area contributed by atoms with Gasteiger partial charge in [-0.2, -0.15) is 12.7 Å². The van der Waals surface area contributed by atoms with Crippen LogP contribution in [0.25, 0.3) is 0 Å². The molecule has 1 aliphatic carbocycles. The number of unbranched alkanes of at least 4 members (excludes halogenated alkanes) is 1. The number of nitrogens with zero attached hydrogens (tertiary/aromatic N) is 2. The van der Waals surface area contributed by atoms with Gasteiger partial charge in [0.1, 0.15) is 18.2 Å². The zero-order chi connectivity index (χ0) is 31.7. The minimum atomic E-state index is -3.63. The molecular weight excluding hydrogens is 538 g/mol. The zero-order valence-corrected chi connectivity index (χ0v) is 26.7. The first kappa shape index (κ1) is 39.5. The molecule has 40 heavy (non-hydrogen) atoms.